The first-order valence-corrected chi connectivity index (χ1v) is 10.3. The molecule has 0 bridgehead atoms. The molecule has 0 aliphatic carbocycles. The van der Waals surface area contributed by atoms with Crippen LogP contribution in [0.5, 0.6) is 0 Å². The highest BCUT2D eigenvalue weighted by Gasteiger charge is 2.30. The fraction of sp³-hybridized carbons (Fsp3) is 0.391. The van der Waals surface area contributed by atoms with Crippen LogP contribution in [0.2, 0.25) is 0 Å². The van der Waals surface area contributed by atoms with Gasteiger partial charge in [0.1, 0.15) is 12.0 Å². The van der Waals surface area contributed by atoms with Gasteiger partial charge >= 0.3 is 6.18 Å². The average Bonchev–Trinajstić information content (AvgIpc) is 3.42. The lowest BCUT2D eigenvalue weighted by atomic mass is 10.0. The van der Waals surface area contributed by atoms with Crippen molar-refractivity contribution in [2.45, 2.75) is 52.6 Å². The van der Waals surface area contributed by atoms with Crippen molar-refractivity contribution in [3.05, 3.63) is 77.4 Å². The van der Waals surface area contributed by atoms with Gasteiger partial charge in [0, 0.05) is 12.6 Å². The molecule has 1 atom stereocenters. The van der Waals surface area contributed by atoms with E-state index in [2.05, 4.69) is 10.3 Å². The fourth-order valence-corrected chi connectivity index (χ4v) is 3.18. The van der Waals surface area contributed by atoms with Crippen molar-refractivity contribution < 1.29 is 26.8 Å². The molecule has 0 unspecified atom stereocenters. The van der Waals surface area contributed by atoms with Crippen molar-refractivity contribution in [3.63, 3.8) is 0 Å². The number of hydrogen-bond acceptors (Lipinski definition) is 5. The number of furan rings is 1. The van der Waals surface area contributed by atoms with E-state index in [9.17, 15) is 18.0 Å². The van der Waals surface area contributed by atoms with E-state index in [-0.39, 0.29) is 37.3 Å². The van der Waals surface area contributed by atoms with Crippen molar-refractivity contribution in [2.75, 3.05) is 0 Å². The second-order valence-corrected chi connectivity index (χ2v) is 7.98. The zero-order valence-corrected chi connectivity index (χ0v) is 18.1. The van der Waals surface area contributed by atoms with Crippen LogP contribution in [0.3, 0.4) is 0 Å². The number of halogens is 3. The summed E-state index contributed by atoms with van der Waals surface area (Å²) in [5.41, 5.74) is -0.0168. The molecule has 1 N–H and O–H groups in total. The molecule has 0 radical (unpaired) electrons. The molecule has 0 spiro atoms. The molecule has 3 rings (SSSR count). The lowest BCUT2D eigenvalue weighted by Gasteiger charge is -2.31. The minimum Gasteiger partial charge on any atom is -0.467 e. The maximum Gasteiger partial charge on any atom is 0.416 e. The number of amides is 1. The SMILES string of the molecule is CC(C)[C@@H](C)N(Cc1cccc(C(F)(F)F)c1)Cc1nc(C(=O)NCc2ccco2)co1. The van der Waals surface area contributed by atoms with E-state index in [4.69, 9.17) is 8.83 Å². The largest absolute Gasteiger partial charge is 0.467 e. The monoisotopic (exact) mass is 449 g/mol. The van der Waals surface area contributed by atoms with Crippen LogP contribution in [0.15, 0.2) is 57.8 Å². The second kappa shape index (κ2) is 10.0. The standard InChI is InChI=1S/C23H26F3N3O3/c1-15(2)16(3)29(12-17-6-4-7-18(10-17)23(24,25)26)13-21-28-20(14-32-21)22(30)27-11-19-8-5-9-31-19/h4-10,14-16H,11-13H2,1-3H3,(H,27,30)/t16-/m1/s1. The summed E-state index contributed by atoms with van der Waals surface area (Å²) in [5, 5.41) is 2.69. The third kappa shape index (κ3) is 6.23. The number of aromatic nitrogens is 1. The Morgan fingerprint density at radius 2 is 1.91 bits per heavy atom. The molecule has 2 heterocycles. The quantitative estimate of drug-likeness (QED) is 0.482. The molecule has 172 valence electrons. The zero-order chi connectivity index (χ0) is 23.3. The summed E-state index contributed by atoms with van der Waals surface area (Å²) in [6.07, 6.45) is -1.61. The van der Waals surface area contributed by atoms with Gasteiger partial charge in [0.25, 0.3) is 5.91 Å². The molecule has 0 saturated carbocycles. The van der Waals surface area contributed by atoms with Crippen LogP contribution >= 0.6 is 0 Å². The Morgan fingerprint density at radius 3 is 2.56 bits per heavy atom. The van der Waals surface area contributed by atoms with Gasteiger partial charge in [0.2, 0.25) is 5.89 Å². The molecule has 32 heavy (non-hydrogen) atoms. The Kier molecular flexibility index (Phi) is 7.40. The molecule has 0 aliphatic rings. The van der Waals surface area contributed by atoms with E-state index < -0.39 is 17.6 Å². The Hall–Kier alpha value is -3.07. The van der Waals surface area contributed by atoms with Gasteiger partial charge in [-0.15, -0.1) is 0 Å². The molecule has 1 amide bonds. The minimum absolute atomic E-state index is 0.0349. The molecule has 2 aromatic heterocycles. The molecule has 6 nitrogen and oxygen atoms in total. The Balaban J connectivity index is 1.70. The number of hydrogen-bond donors (Lipinski definition) is 1. The molecule has 9 heteroatoms. The Labute approximate surface area is 184 Å². The first-order valence-electron chi connectivity index (χ1n) is 10.3. The van der Waals surface area contributed by atoms with Crippen molar-refractivity contribution in [3.8, 4) is 0 Å². The van der Waals surface area contributed by atoms with Gasteiger partial charge in [0.05, 0.1) is 24.9 Å². The number of carbonyl (C=O) groups excluding carboxylic acids is 1. The van der Waals surface area contributed by atoms with Gasteiger partial charge in [0.15, 0.2) is 5.69 Å². The van der Waals surface area contributed by atoms with Crippen LogP contribution in [0.4, 0.5) is 13.2 Å². The third-order valence-electron chi connectivity index (χ3n) is 5.31. The van der Waals surface area contributed by atoms with E-state index >= 15 is 0 Å². The zero-order valence-electron chi connectivity index (χ0n) is 18.1. The van der Waals surface area contributed by atoms with Crippen molar-refractivity contribution in [1.29, 1.82) is 0 Å². The van der Waals surface area contributed by atoms with Crippen LogP contribution in [-0.2, 0) is 25.8 Å². The minimum atomic E-state index is -4.40. The van der Waals surface area contributed by atoms with Crippen molar-refractivity contribution in [2.24, 2.45) is 5.92 Å². The number of carbonyl (C=O) groups is 1. The summed E-state index contributed by atoms with van der Waals surface area (Å²) in [5.74, 6) is 0.761. The van der Waals surface area contributed by atoms with Gasteiger partial charge in [-0.2, -0.15) is 13.2 Å². The highest BCUT2D eigenvalue weighted by atomic mass is 19.4. The van der Waals surface area contributed by atoms with Crippen molar-refractivity contribution in [1.82, 2.24) is 15.2 Å². The lowest BCUT2D eigenvalue weighted by molar-refractivity contribution is -0.137. The molecular weight excluding hydrogens is 423 g/mol. The predicted molar refractivity (Wildman–Crippen MR) is 111 cm³/mol. The van der Waals surface area contributed by atoms with Crippen LogP contribution in [0.1, 0.15) is 54.0 Å². The number of oxazole rings is 1. The summed E-state index contributed by atoms with van der Waals surface area (Å²) in [6, 6.07) is 8.79. The van der Waals surface area contributed by atoms with E-state index in [0.29, 0.717) is 17.2 Å². The summed E-state index contributed by atoms with van der Waals surface area (Å²) in [6.45, 7) is 6.82. The average molecular weight is 449 g/mol. The lowest BCUT2D eigenvalue weighted by Crippen LogP contribution is -2.36. The first-order chi connectivity index (χ1) is 15.1. The van der Waals surface area contributed by atoms with Crippen LogP contribution in [-0.4, -0.2) is 21.8 Å². The van der Waals surface area contributed by atoms with Crippen LogP contribution < -0.4 is 5.32 Å². The summed E-state index contributed by atoms with van der Waals surface area (Å²) >= 11 is 0. The number of benzene rings is 1. The summed E-state index contributed by atoms with van der Waals surface area (Å²) in [4.78, 5) is 18.5. The molecular formula is C23H26F3N3O3. The van der Waals surface area contributed by atoms with Crippen molar-refractivity contribution >= 4 is 5.91 Å². The molecule has 1 aromatic carbocycles. The molecule has 0 aliphatic heterocycles. The van der Waals surface area contributed by atoms with E-state index in [1.54, 1.807) is 18.2 Å². The van der Waals surface area contributed by atoms with E-state index in [0.717, 1.165) is 12.1 Å². The molecule has 0 fully saturated rings. The second-order valence-electron chi connectivity index (χ2n) is 7.98. The molecule has 3 aromatic rings. The maximum absolute atomic E-state index is 13.1. The third-order valence-corrected chi connectivity index (χ3v) is 5.31. The first kappa shape index (κ1) is 23.6. The summed E-state index contributed by atoms with van der Waals surface area (Å²) < 4.78 is 49.9. The number of rotatable bonds is 9. The maximum atomic E-state index is 13.1. The van der Waals surface area contributed by atoms with Gasteiger partial charge in [-0.05, 0) is 36.6 Å². The van der Waals surface area contributed by atoms with Gasteiger partial charge < -0.3 is 14.2 Å². The smallest absolute Gasteiger partial charge is 0.416 e. The number of alkyl halides is 3. The molecule has 0 saturated heterocycles. The van der Waals surface area contributed by atoms with Gasteiger partial charge in [-0.3, -0.25) is 9.69 Å². The predicted octanol–water partition coefficient (Wildman–Crippen LogP) is 5.26. The number of nitrogens with zero attached hydrogens (tertiary/aromatic N) is 2. The van der Waals surface area contributed by atoms with Gasteiger partial charge in [-0.25, -0.2) is 4.98 Å². The fourth-order valence-electron chi connectivity index (χ4n) is 3.18. The van der Waals surface area contributed by atoms with Crippen LogP contribution in [0.25, 0.3) is 0 Å². The normalized spacial score (nSPS) is 13.0. The Morgan fingerprint density at radius 1 is 1.12 bits per heavy atom. The Bertz CT molecular complexity index is 1010. The highest BCUT2D eigenvalue weighted by Crippen LogP contribution is 2.30. The summed E-state index contributed by atoms with van der Waals surface area (Å²) in [7, 11) is 0. The number of nitrogens with one attached hydrogen (secondary N) is 1. The van der Waals surface area contributed by atoms with Crippen LogP contribution in [0, 0.1) is 5.92 Å². The van der Waals surface area contributed by atoms with E-state index in [1.807, 2.05) is 25.7 Å². The topological polar surface area (TPSA) is 71.5 Å². The van der Waals surface area contributed by atoms with Gasteiger partial charge in [-0.1, -0.05) is 32.0 Å². The highest BCUT2D eigenvalue weighted by molar-refractivity contribution is 5.91. The van der Waals surface area contributed by atoms with E-state index in [1.165, 1.54) is 18.6 Å².